The summed E-state index contributed by atoms with van der Waals surface area (Å²) in [7, 11) is -15.3. The lowest BCUT2D eigenvalue weighted by Crippen LogP contribution is -2.29. The van der Waals surface area contributed by atoms with Gasteiger partial charge in [-0.3, -0.25) is 13.6 Å². The Bertz CT molecular complexity index is 999. The lowest BCUT2D eigenvalue weighted by Gasteiger charge is -2.20. The zero-order chi connectivity index (χ0) is 23.6. The van der Waals surface area contributed by atoms with Crippen molar-refractivity contribution in [1.82, 2.24) is 9.55 Å². The van der Waals surface area contributed by atoms with E-state index < -0.39 is 60.8 Å². The number of ether oxygens (including phenoxy) is 1. The van der Waals surface area contributed by atoms with E-state index in [1.807, 2.05) is 0 Å². The third kappa shape index (κ3) is 7.23. The van der Waals surface area contributed by atoms with E-state index in [0.717, 1.165) is 10.8 Å². The van der Waals surface area contributed by atoms with Crippen LogP contribution in [0.5, 0.6) is 0 Å². The van der Waals surface area contributed by atoms with Crippen molar-refractivity contribution in [3.63, 3.8) is 0 Å². The standard InChI is InChI=1S/C11H20N3O14P3/c1-24-29(18,19)27-31(22,23)28-30(20,21)25-5-8-7(16)2-9(26-8)14-3-6(4-15)10(12)13-11(14)17/h3,7-9,15-16H,2,4-5H2,1H3,(H,18,19)(H,20,21)(H,22,23)(H2,12,13,17)/t7-,8-,9-/m1/s1. The highest BCUT2D eigenvalue weighted by Crippen LogP contribution is 2.67. The number of rotatable bonds is 10. The van der Waals surface area contributed by atoms with Crippen molar-refractivity contribution < 1.29 is 61.0 Å². The third-order valence-corrected chi connectivity index (χ3v) is 8.03. The highest BCUT2D eigenvalue weighted by molar-refractivity contribution is 7.66. The van der Waals surface area contributed by atoms with Crippen LogP contribution in [0, 0.1) is 0 Å². The molecule has 1 aliphatic rings. The molecule has 0 aromatic carbocycles. The second kappa shape index (κ2) is 9.85. The van der Waals surface area contributed by atoms with E-state index >= 15 is 0 Å². The van der Waals surface area contributed by atoms with E-state index in [-0.39, 0.29) is 17.8 Å². The van der Waals surface area contributed by atoms with Crippen molar-refractivity contribution in [2.75, 3.05) is 19.5 Å². The summed E-state index contributed by atoms with van der Waals surface area (Å²) in [5, 5.41) is 19.3. The Balaban J connectivity index is 2.03. The maximum absolute atomic E-state index is 12.0. The molecular formula is C11H20N3O14P3. The van der Waals surface area contributed by atoms with Crippen molar-refractivity contribution in [2.45, 2.75) is 31.5 Å². The fourth-order valence-electron chi connectivity index (χ4n) is 2.39. The normalized spacial score (nSPS) is 27.4. The Morgan fingerprint density at radius 2 is 1.84 bits per heavy atom. The molecule has 1 aliphatic heterocycles. The first kappa shape index (κ1) is 26.2. The molecule has 6 atom stereocenters. The largest absolute Gasteiger partial charge is 0.490 e. The molecule has 0 radical (unpaired) electrons. The number of nitrogens with two attached hydrogens (primary N) is 1. The third-order valence-electron chi connectivity index (χ3n) is 3.79. The fourth-order valence-corrected chi connectivity index (χ4v) is 5.65. The van der Waals surface area contributed by atoms with Gasteiger partial charge in [0.05, 0.1) is 19.3 Å². The molecule has 17 nitrogen and oxygen atoms in total. The molecule has 2 rings (SSSR count). The number of phosphoric ester groups is 2. The summed E-state index contributed by atoms with van der Waals surface area (Å²) >= 11 is 0. The van der Waals surface area contributed by atoms with Crippen LogP contribution in [0.4, 0.5) is 5.82 Å². The van der Waals surface area contributed by atoms with E-state index in [4.69, 9.17) is 15.4 Å². The van der Waals surface area contributed by atoms with Gasteiger partial charge in [0.1, 0.15) is 18.1 Å². The molecular weight excluding hydrogens is 491 g/mol. The van der Waals surface area contributed by atoms with Crippen LogP contribution in [0.25, 0.3) is 0 Å². The van der Waals surface area contributed by atoms with Gasteiger partial charge in [0.25, 0.3) is 0 Å². The average Bonchev–Trinajstić information content (AvgIpc) is 2.99. The minimum atomic E-state index is -5.58. The minimum absolute atomic E-state index is 0.113. The smallest absolute Gasteiger partial charge is 0.391 e. The minimum Gasteiger partial charge on any atom is -0.391 e. The number of aliphatic hydroxyl groups excluding tert-OH is 2. The lowest BCUT2D eigenvalue weighted by atomic mass is 10.2. The van der Waals surface area contributed by atoms with Crippen molar-refractivity contribution in [3.8, 4) is 0 Å². The maximum atomic E-state index is 12.0. The molecule has 1 aromatic heterocycles. The molecule has 3 unspecified atom stereocenters. The van der Waals surface area contributed by atoms with Crippen molar-refractivity contribution >= 4 is 29.3 Å². The van der Waals surface area contributed by atoms with Crippen molar-refractivity contribution in [3.05, 3.63) is 22.2 Å². The summed E-state index contributed by atoms with van der Waals surface area (Å²) < 4.78 is 56.8. The molecule has 0 spiro atoms. The quantitative estimate of drug-likeness (QED) is 0.205. The zero-order valence-electron chi connectivity index (χ0n) is 15.7. The van der Waals surface area contributed by atoms with Gasteiger partial charge in [-0.2, -0.15) is 13.6 Å². The van der Waals surface area contributed by atoms with Crippen LogP contribution in [0.15, 0.2) is 11.0 Å². The number of hydrogen-bond donors (Lipinski definition) is 6. The van der Waals surface area contributed by atoms with Gasteiger partial charge in [-0.1, -0.05) is 0 Å². The molecule has 0 saturated carbocycles. The Morgan fingerprint density at radius 1 is 1.23 bits per heavy atom. The number of phosphoric acid groups is 3. The average molecular weight is 511 g/mol. The first-order valence-electron chi connectivity index (χ1n) is 8.12. The van der Waals surface area contributed by atoms with Gasteiger partial charge in [0, 0.05) is 25.3 Å². The molecule has 0 aliphatic carbocycles. The predicted molar refractivity (Wildman–Crippen MR) is 98.0 cm³/mol. The monoisotopic (exact) mass is 511 g/mol. The number of nitrogens with zero attached hydrogens (tertiary/aromatic N) is 2. The lowest BCUT2D eigenvalue weighted by molar-refractivity contribution is -0.0450. The number of hydrogen-bond acceptors (Lipinski definition) is 13. The number of aromatic nitrogens is 2. The van der Waals surface area contributed by atoms with Gasteiger partial charge in [0.2, 0.25) is 0 Å². The molecule has 1 saturated heterocycles. The molecule has 0 bridgehead atoms. The van der Waals surface area contributed by atoms with Crippen LogP contribution < -0.4 is 11.4 Å². The molecule has 7 N–H and O–H groups in total. The first-order valence-corrected chi connectivity index (χ1v) is 12.6. The van der Waals surface area contributed by atoms with Crippen molar-refractivity contribution in [1.29, 1.82) is 0 Å². The number of anilines is 1. The van der Waals surface area contributed by atoms with Crippen LogP contribution in [0.2, 0.25) is 0 Å². The molecule has 1 fully saturated rings. The molecule has 20 heteroatoms. The highest BCUT2D eigenvalue weighted by Gasteiger charge is 2.43. The van der Waals surface area contributed by atoms with E-state index in [9.17, 15) is 38.5 Å². The van der Waals surface area contributed by atoms with Crippen LogP contribution in [-0.4, -0.2) is 60.4 Å². The SMILES string of the molecule is COP(=O)(O)OP(=O)(O)OP(=O)(O)OC[C@H]1O[C@@H](n2cc(CO)c(N)nc2=O)C[C@H]1O. The van der Waals surface area contributed by atoms with Crippen LogP contribution in [0.3, 0.4) is 0 Å². The summed E-state index contributed by atoms with van der Waals surface area (Å²) in [6.45, 7) is -1.39. The Hall–Kier alpha value is -1.03. The van der Waals surface area contributed by atoms with Crippen LogP contribution >= 0.6 is 23.5 Å². The molecule has 2 heterocycles. The number of nitrogen functional groups attached to an aromatic ring is 1. The summed E-state index contributed by atoms with van der Waals surface area (Å²) in [5.41, 5.74) is 4.75. The number of aliphatic hydroxyl groups is 2. The van der Waals surface area contributed by atoms with E-state index in [0.29, 0.717) is 7.11 Å². The van der Waals surface area contributed by atoms with Crippen LogP contribution in [0.1, 0.15) is 18.2 Å². The fraction of sp³-hybridized carbons (Fsp3) is 0.636. The maximum Gasteiger partial charge on any atom is 0.490 e. The summed E-state index contributed by atoms with van der Waals surface area (Å²) in [5.74, 6) is -0.197. The van der Waals surface area contributed by atoms with Gasteiger partial charge in [-0.15, -0.1) is 0 Å². The molecule has 178 valence electrons. The van der Waals surface area contributed by atoms with E-state index in [1.165, 1.54) is 0 Å². The predicted octanol–water partition coefficient (Wildman–Crippen LogP) is -1.04. The summed E-state index contributed by atoms with van der Waals surface area (Å²) in [6.07, 6.45) is -2.77. The van der Waals surface area contributed by atoms with Gasteiger partial charge in [-0.05, 0) is 0 Å². The van der Waals surface area contributed by atoms with Gasteiger partial charge >= 0.3 is 29.2 Å². The van der Waals surface area contributed by atoms with E-state index in [2.05, 4.69) is 22.7 Å². The van der Waals surface area contributed by atoms with Crippen molar-refractivity contribution in [2.24, 2.45) is 0 Å². The second-order valence-electron chi connectivity index (χ2n) is 5.98. The van der Waals surface area contributed by atoms with Gasteiger partial charge in [-0.25, -0.2) is 18.5 Å². The van der Waals surface area contributed by atoms with Gasteiger partial charge < -0.3 is 35.4 Å². The topological polar surface area (TPSA) is 259 Å². The van der Waals surface area contributed by atoms with E-state index in [1.54, 1.807) is 0 Å². The van der Waals surface area contributed by atoms with Gasteiger partial charge in [0.15, 0.2) is 0 Å². The Morgan fingerprint density at radius 3 is 2.42 bits per heavy atom. The zero-order valence-corrected chi connectivity index (χ0v) is 18.3. The Labute approximate surface area is 173 Å². The molecule has 1 aromatic rings. The summed E-state index contributed by atoms with van der Waals surface area (Å²) in [4.78, 5) is 43.3. The second-order valence-corrected chi connectivity index (χ2v) is 10.7. The molecule has 0 amide bonds. The highest BCUT2D eigenvalue weighted by atomic mass is 31.3. The summed E-state index contributed by atoms with van der Waals surface area (Å²) in [6, 6.07) is 0. The first-order chi connectivity index (χ1) is 14.2. The van der Waals surface area contributed by atoms with Crippen LogP contribution in [-0.2, 0) is 42.7 Å². The Kier molecular flexibility index (Phi) is 8.33. The molecule has 31 heavy (non-hydrogen) atoms.